The van der Waals surface area contributed by atoms with Gasteiger partial charge in [0.05, 0.1) is 6.61 Å². The van der Waals surface area contributed by atoms with Gasteiger partial charge in [-0.1, -0.05) is 43.9 Å². The Morgan fingerprint density at radius 1 is 0.970 bits per heavy atom. The van der Waals surface area contributed by atoms with Gasteiger partial charge in [0, 0.05) is 21.8 Å². The number of ether oxygens (including phenoxy) is 2. The Labute approximate surface area is 200 Å². The quantitative estimate of drug-likeness (QED) is 0.305. The number of carbonyl (C=O) groups is 1. The second-order valence-corrected chi connectivity index (χ2v) is 9.13. The molecule has 3 aromatic rings. The van der Waals surface area contributed by atoms with Crippen molar-refractivity contribution in [1.29, 1.82) is 0 Å². The summed E-state index contributed by atoms with van der Waals surface area (Å²) in [5.74, 6) is 8.10. The molecule has 0 heterocycles. The van der Waals surface area contributed by atoms with Crippen molar-refractivity contribution >= 4 is 17.7 Å². The van der Waals surface area contributed by atoms with Crippen molar-refractivity contribution in [2.75, 3.05) is 13.2 Å². The smallest absolute Gasteiger partial charge is 0.341 e. The Balaban J connectivity index is 1.75. The predicted molar refractivity (Wildman–Crippen MR) is 133 cm³/mol. The Morgan fingerprint density at radius 2 is 1.73 bits per heavy atom. The van der Waals surface area contributed by atoms with Crippen molar-refractivity contribution < 1.29 is 19.4 Å². The maximum absolute atomic E-state index is 10.7. The van der Waals surface area contributed by atoms with Gasteiger partial charge >= 0.3 is 5.97 Å². The maximum atomic E-state index is 10.7. The number of aliphatic carboxylic acids is 1. The number of rotatable bonds is 9. The summed E-state index contributed by atoms with van der Waals surface area (Å²) in [4.78, 5) is 11.8. The van der Waals surface area contributed by atoms with E-state index in [2.05, 4.69) is 37.8 Å². The molecule has 0 aliphatic rings. The first-order valence-electron chi connectivity index (χ1n) is 10.8. The van der Waals surface area contributed by atoms with E-state index in [0.717, 1.165) is 38.7 Å². The lowest BCUT2D eigenvalue weighted by atomic mass is 10.1. The normalized spacial score (nSPS) is 10.4. The molecule has 0 aliphatic heterocycles. The molecule has 0 unspecified atom stereocenters. The van der Waals surface area contributed by atoms with Crippen LogP contribution in [0.3, 0.4) is 0 Å². The number of carboxylic acid groups (broad SMARTS) is 1. The standard InChI is InChI=1S/C28H28O4S/c1-20(2)17-31-25-15-23(10-9-22-7-5-4-6-8-22)14-24(16-25)19-33-26-11-12-27(21(3)13-26)32-18-28(29)30/h4-8,11-16,20H,17-19H2,1-3H3,(H,29,30). The number of benzene rings is 3. The highest BCUT2D eigenvalue weighted by molar-refractivity contribution is 7.98. The first-order chi connectivity index (χ1) is 15.9. The topological polar surface area (TPSA) is 55.8 Å². The molecule has 0 fully saturated rings. The van der Waals surface area contributed by atoms with Gasteiger partial charge in [-0.15, -0.1) is 11.8 Å². The van der Waals surface area contributed by atoms with Gasteiger partial charge in [0.2, 0.25) is 0 Å². The van der Waals surface area contributed by atoms with E-state index in [4.69, 9.17) is 14.6 Å². The number of aryl methyl sites for hydroxylation is 1. The summed E-state index contributed by atoms with van der Waals surface area (Å²) in [5.41, 5.74) is 3.93. The van der Waals surface area contributed by atoms with Gasteiger partial charge in [0.1, 0.15) is 11.5 Å². The van der Waals surface area contributed by atoms with Crippen LogP contribution >= 0.6 is 11.8 Å². The molecule has 0 amide bonds. The van der Waals surface area contributed by atoms with Crippen LogP contribution < -0.4 is 9.47 Å². The molecule has 0 spiro atoms. The van der Waals surface area contributed by atoms with Crippen LogP contribution in [0.25, 0.3) is 0 Å². The minimum atomic E-state index is -0.987. The van der Waals surface area contributed by atoms with Gasteiger partial charge < -0.3 is 14.6 Å². The molecule has 0 aromatic heterocycles. The maximum Gasteiger partial charge on any atom is 0.341 e. The lowest BCUT2D eigenvalue weighted by molar-refractivity contribution is -0.139. The van der Waals surface area contributed by atoms with E-state index < -0.39 is 5.97 Å². The molecule has 1 N–H and O–H groups in total. The lowest BCUT2D eigenvalue weighted by Gasteiger charge is -2.12. The van der Waals surface area contributed by atoms with E-state index in [1.807, 2.05) is 61.5 Å². The first kappa shape index (κ1) is 24.3. The SMILES string of the molecule is Cc1cc(SCc2cc(C#Cc3ccccc3)cc(OCC(C)C)c2)ccc1OCC(=O)O. The molecular formula is C28H28O4S. The predicted octanol–water partition coefficient (Wildman–Crippen LogP) is 6.19. The molecule has 0 radical (unpaired) electrons. The summed E-state index contributed by atoms with van der Waals surface area (Å²) in [5, 5.41) is 8.80. The molecule has 0 saturated heterocycles. The van der Waals surface area contributed by atoms with Crippen LogP contribution in [0.2, 0.25) is 0 Å². The third-order valence-electron chi connectivity index (χ3n) is 4.58. The highest BCUT2D eigenvalue weighted by atomic mass is 32.2. The molecule has 33 heavy (non-hydrogen) atoms. The van der Waals surface area contributed by atoms with Gasteiger partial charge in [-0.3, -0.25) is 0 Å². The first-order valence-corrected chi connectivity index (χ1v) is 11.8. The summed E-state index contributed by atoms with van der Waals surface area (Å²) in [6.07, 6.45) is 0. The Kier molecular flexibility index (Phi) is 8.86. The minimum absolute atomic E-state index is 0.344. The molecule has 0 saturated carbocycles. The van der Waals surface area contributed by atoms with Crippen LogP contribution in [-0.2, 0) is 10.5 Å². The average Bonchev–Trinajstić information content (AvgIpc) is 2.80. The molecular weight excluding hydrogens is 432 g/mol. The van der Waals surface area contributed by atoms with Crippen LogP contribution in [0.4, 0.5) is 0 Å². The molecule has 3 aromatic carbocycles. The van der Waals surface area contributed by atoms with Crippen LogP contribution in [0.5, 0.6) is 11.5 Å². The largest absolute Gasteiger partial charge is 0.493 e. The van der Waals surface area contributed by atoms with E-state index in [9.17, 15) is 4.79 Å². The molecule has 170 valence electrons. The van der Waals surface area contributed by atoms with Gasteiger partial charge in [-0.25, -0.2) is 4.79 Å². The second kappa shape index (κ2) is 12.0. The van der Waals surface area contributed by atoms with Gasteiger partial charge in [0.15, 0.2) is 6.61 Å². The highest BCUT2D eigenvalue weighted by Gasteiger charge is 2.07. The zero-order chi connectivity index (χ0) is 23.6. The average molecular weight is 461 g/mol. The minimum Gasteiger partial charge on any atom is -0.493 e. The molecule has 5 heteroatoms. The Morgan fingerprint density at radius 3 is 2.42 bits per heavy atom. The molecule has 0 atom stereocenters. The van der Waals surface area contributed by atoms with E-state index in [0.29, 0.717) is 18.3 Å². The van der Waals surface area contributed by atoms with Crippen LogP contribution in [0.15, 0.2) is 71.6 Å². The third-order valence-corrected chi connectivity index (χ3v) is 5.64. The van der Waals surface area contributed by atoms with Crippen molar-refractivity contribution in [1.82, 2.24) is 0 Å². The summed E-state index contributed by atoms with van der Waals surface area (Å²) < 4.78 is 11.3. The van der Waals surface area contributed by atoms with Crippen LogP contribution in [-0.4, -0.2) is 24.3 Å². The highest BCUT2D eigenvalue weighted by Crippen LogP contribution is 2.29. The van der Waals surface area contributed by atoms with Crippen molar-refractivity contribution in [3.8, 4) is 23.3 Å². The van der Waals surface area contributed by atoms with Gasteiger partial charge in [-0.2, -0.15) is 0 Å². The Bertz CT molecular complexity index is 1140. The van der Waals surface area contributed by atoms with E-state index >= 15 is 0 Å². The monoisotopic (exact) mass is 460 g/mol. The van der Waals surface area contributed by atoms with Crippen molar-refractivity contribution in [3.05, 3.63) is 89.0 Å². The summed E-state index contributed by atoms with van der Waals surface area (Å²) in [7, 11) is 0. The van der Waals surface area contributed by atoms with Crippen LogP contribution in [0.1, 0.15) is 36.1 Å². The zero-order valence-electron chi connectivity index (χ0n) is 19.1. The van der Waals surface area contributed by atoms with E-state index in [1.165, 1.54) is 0 Å². The fourth-order valence-electron chi connectivity index (χ4n) is 3.01. The molecule has 4 nitrogen and oxygen atoms in total. The lowest BCUT2D eigenvalue weighted by Crippen LogP contribution is -2.09. The summed E-state index contributed by atoms with van der Waals surface area (Å²) >= 11 is 1.70. The summed E-state index contributed by atoms with van der Waals surface area (Å²) in [6, 6.07) is 21.9. The van der Waals surface area contributed by atoms with Crippen molar-refractivity contribution in [2.24, 2.45) is 5.92 Å². The zero-order valence-corrected chi connectivity index (χ0v) is 19.9. The van der Waals surface area contributed by atoms with E-state index in [-0.39, 0.29) is 6.61 Å². The number of hydrogen-bond acceptors (Lipinski definition) is 4. The number of thioether (sulfide) groups is 1. The molecule has 0 aliphatic carbocycles. The molecule has 3 rings (SSSR count). The number of carboxylic acids is 1. The second-order valence-electron chi connectivity index (χ2n) is 8.08. The van der Waals surface area contributed by atoms with Crippen molar-refractivity contribution in [3.63, 3.8) is 0 Å². The van der Waals surface area contributed by atoms with E-state index in [1.54, 1.807) is 11.8 Å². The van der Waals surface area contributed by atoms with Gasteiger partial charge in [0.25, 0.3) is 0 Å². The fourth-order valence-corrected chi connectivity index (χ4v) is 3.93. The van der Waals surface area contributed by atoms with Gasteiger partial charge in [-0.05, 0) is 72.5 Å². The molecule has 0 bridgehead atoms. The number of hydrogen-bond donors (Lipinski definition) is 1. The summed E-state index contributed by atoms with van der Waals surface area (Å²) in [6.45, 7) is 6.48. The third kappa shape index (κ3) is 8.25. The van der Waals surface area contributed by atoms with Crippen LogP contribution in [0, 0.1) is 24.7 Å². The Hall–Kier alpha value is -3.36. The van der Waals surface area contributed by atoms with Crippen molar-refractivity contribution in [2.45, 2.75) is 31.4 Å². The fraction of sp³-hybridized carbons (Fsp3) is 0.250.